The van der Waals surface area contributed by atoms with Crippen LogP contribution in [0.3, 0.4) is 0 Å². The Kier molecular flexibility index (Phi) is 6.67. The first kappa shape index (κ1) is 23.7. The molecule has 4 atom stereocenters. The SMILES string of the molecule is C=C(/C=C\c1ccncc1C)[C@H](CC)CC[C@@H]1CCC=C2C=C3CCCN(N)C[C@]34CC[C@@]21O4. The predicted octanol–water partition coefficient (Wildman–Crippen LogP) is 6.30. The lowest BCUT2D eigenvalue weighted by Crippen LogP contribution is -2.52. The molecule has 182 valence electrons. The van der Waals surface area contributed by atoms with E-state index in [1.165, 1.54) is 53.5 Å². The first-order valence-electron chi connectivity index (χ1n) is 13.3. The third-order valence-corrected chi connectivity index (χ3v) is 8.99. The maximum atomic E-state index is 7.19. The minimum atomic E-state index is -0.156. The quantitative estimate of drug-likeness (QED) is 0.384. The number of aromatic nitrogens is 1. The number of aryl methyl sites for hydroxylation is 1. The number of nitrogens with two attached hydrogens (primary N) is 1. The Labute approximate surface area is 205 Å². The van der Waals surface area contributed by atoms with Crippen LogP contribution in [0.1, 0.15) is 75.8 Å². The van der Waals surface area contributed by atoms with Gasteiger partial charge >= 0.3 is 0 Å². The molecule has 2 N–H and O–H groups in total. The Morgan fingerprint density at radius 1 is 1.41 bits per heavy atom. The van der Waals surface area contributed by atoms with Crippen molar-refractivity contribution in [2.45, 2.75) is 82.8 Å². The van der Waals surface area contributed by atoms with E-state index in [0.717, 1.165) is 45.2 Å². The van der Waals surface area contributed by atoms with Crippen LogP contribution in [0.25, 0.3) is 6.08 Å². The number of allylic oxidation sites excluding steroid dienone is 3. The number of hydrogen-bond donors (Lipinski definition) is 1. The predicted molar refractivity (Wildman–Crippen MR) is 140 cm³/mol. The summed E-state index contributed by atoms with van der Waals surface area (Å²) in [7, 11) is 0. The molecule has 4 nitrogen and oxygen atoms in total. The van der Waals surface area contributed by atoms with Gasteiger partial charge in [0.15, 0.2) is 0 Å². The van der Waals surface area contributed by atoms with Gasteiger partial charge in [-0.25, -0.2) is 5.01 Å². The molecule has 1 aromatic rings. The average molecular weight is 460 g/mol. The molecule has 1 aromatic heterocycles. The van der Waals surface area contributed by atoms with Gasteiger partial charge in [0.05, 0.1) is 5.60 Å². The van der Waals surface area contributed by atoms with Gasteiger partial charge in [0.25, 0.3) is 0 Å². The fourth-order valence-corrected chi connectivity index (χ4v) is 6.97. The molecule has 0 saturated carbocycles. The molecular formula is C30H41N3O. The molecule has 0 unspecified atom stereocenters. The molecule has 5 rings (SSSR count). The summed E-state index contributed by atoms with van der Waals surface area (Å²) in [4.78, 5) is 4.20. The van der Waals surface area contributed by atoms with Crippen molar-refractivity contribution in [1.29, 1.82) is 0 Å². The van der Waals surface area contributed by atoms with Crippen molar-refractivity contribution in [3.05, 3.63) is 71.1 Å². The van der Waals surface area contributed by atoms with Crippen LogP contribution in [0.2, 0.25) is 0 Å². The van der Waals surface area contributed by atoms with Gasteiger partial charge in [-0.1, -0.05) is 43.4 Å². The van der Waals surface area contributed by atoms with Gasteiger partial charge in [0, 0.05) is 25.5 Å². The lowest BCUT2D eigenvalue weighted by atomic mass is 9.69. The summed E-state index contributed by atoms with van der Waals surface area (Å²) < 4.78 is 7.19. The number of nitrogens with zero attached hydrogens (tertiary/aromatic N) is 2. The van der Waals surface area contributed by atoms with Crippen molar-refractivity contribution >= 4 is 6.08 Å². The van der Waals surface area contributed by atoms with Gasteiger partial charge in [0.1, 0.15) is 5.60 Å². The van der Waals surface area contributed by atoms with E-state index in [0.29, 0.717) is 11.8 Å². The normalized spacial score (nSPS) is 31.9. The van der Waals surface area contributed by atoms with E-state index in [9.17, 15) is 0 Å². The maximum absolute atomic E-state index is 7.19. The highest BCUT2D eigenvalue weighted by Gasteiger charge is 2.59. The van der Waals surface area contributed by atoms with Crippen LogP contribution in [0.5, 0.6) is 0 Å². The number of rotatable bonds is 7. The summed E-state index contributed by atoms with van der Waals surface area (Å²) in [6.07, 6.45) is 23.6. The van der Waals surface area contributed by atoms with Crippen LogP contribution in [0.15, 0.2) is 60.0 Å². The van der Waals surface area contributed by atoms with Crippen LogP contribution < -0.4 is 5.84 Å². The van der Waals surface area contributed by atoms with Crippen molar-refractivity contribution in [3.8, 4) is 0 Å². The van der Waals surface area contributed by atoms with E-state index in [1.807, 2.05) is 17.4 Å². The Bertz CT molecular complexity index is 1020. The van der Waals surface area contributed by atoms with Crippen molar-refractivity contribution in [3.63, 3.8) is 0 Å². The fraction of sp³-hybridized carbons (Fsp3) is 0.567. The molecule has 4 heteroatoms. The minimum absolute atomic E-state index is 0.101. The van der Waals surface area contributed by atoms with Crippen molar-refractivity contribution in [2.75, 3.05) is 13.1 Å². The van der Waals surface area contributed by atoms with Gasteiger partial charge < -0.3 is 4.74 Å². The van der Waals surface area contributed by atoms with E-state index < -0.39 is 0 Å². The molecule has 2 fully saturated rings. The van der Waals surface area contributed by atoms with E-state index in [2.05, 4.69) is 55.8 Å². The second-order valence-electron chi connectivity index (χ2n) is 11.0. The molecular weight excluding hydrogens is 418 g/mol. The third kappa shape index (κ3) is 4.25. The molecule has 3 aliphatic heterocycles. The van der Waals surface area contributed by atoms with Gasteiger partial charge in [-0.15, -0.1) is 0 Å². The van der Waals surface area contributed by atoms with Crippen LogP contribution in [0, 0.1) is 18.8 Å². The molecule has 4 heterocycles. The summed E-state index contributed by atoms with van der Waals surface area (Å²) in [5, 5.41) is 2.00. The monoisotopic (exact) mass is 459 g/mol. The lowest BCUT2D eigenvalue weighted by Gasteiger charge is -2.48. The lowest BCUT2D eigenvalue weighted by molar-refractivity contribution is -0.114. The molecule has 0 radical (unpaired) electrons. The van der Waals surface area contributed by atoms with Gasteiger partial charge in [-0.05, 0) is 105 Å². The zero-order chi connectivity index (χ0) is 23.8. The number of hydrazine groups is 1. The summed E-state index contributed by atoms with van der Waals surface area (Å²) in [6.45, 7) is 10.7. The van der Waals surface area contributed by atoms with E-state index in [4.69, 9.17) is 10.6 Å². The standard InChI is InChI=1S/C30H41N3O/c1-4-24(22(2)10-11-25-14-17-32-20-23(25)3)12-13-26-7-5-8-28-19-27-9-6-18-33(31)21-29(27)15-16-30(26,28)34-29/h8,10-11,14,17,19-20,24,26H,2,4-7,9,12-13,15-16,18,21,31H2,1,3H3/b11-10-/t24-,26+,29-,30+/m1/s1. The van der Waals surface area contributed by atoms with Crippen molar-refractivity contribution < 1.29 is 4.74 Å². The largest absolute Gasteiger partial charge is 0.358 e. The minimum Gasteiger partial charge on any atom is -0.358 e. The second kappa shape index (κ2) is 9.56. The van der Waals surface area contributed by atoms with Crippen LogP contribution in [-0.4, -0.2) is 34.3 Å². The molecule has 0 amide bonds. The maximum Gasteiger partial charge on any atom is 0.105 e. The average Bonchev–Trinajstić information content (AvgIpc) is 3.05. The van der Waals surface area contributed by atoms with Gasteiger partial charge in [-0.2, -0.15) is 0 Å². The summed E-state index contributed by atoms with van der Waals surface area (Å²) in [5.41, 5.74) is 6.37. The number of ether oxygens (including phenoxy) is 1. The first-order valence-corrected chi connectivity index (χ1v) is 13.3. The van der Waals surface area contributed by atoms with Crippen LogP contribution in [-0.2, 0) is 4.74 Å². The molecule has 2 saturated heterocycles. The molecule has 1 aliphatic carbocycles. The highest BCUT2D eigenvalue weighted by molar-refractivity contribution is 5.55. The Balaban J connectivity index is 1.30. The molecule has 0 aromatic carbocycles. The summed E-state index contributed by atoms with van der Waals surface area (Å²) in [6, 6.07) is 2.07. The van der Waals surface area contributed by atoms with Gasteiger partial charge in [-0.3, -0.25) is 10.8 Å². The Morgan fingerprint density at radius 2 is 2.29 bits per heavy atom. The Hall–Kier alpha value is -2.01. The van der Waals surface area contributed by atoms with Crippen LogP contribution >= 0.6 is 0 Å². The topological polar surface area (TPSA) is 51.4 Å². The van der Waals surface area contributed by atoms with Crippen molar-refractivity contribution in [2.24, 2.45) is 17.7 Å². The molecule has 2 spiro atoms. The molecule has 34 heavy (non-hydrogen) atoms. The van der Waals surface area contributed by atoms with E-state index >= 15 is 0 Å². The summed E-state index contributed by atoms with van der Waals surface area (Å²) >= 11 is 0. The van der Waals surface area contributed by atoms with E-state index in [1.54, 1.807) is 0 Å². The second-order valence-corrected chi connectivity index (χ2v) is 11.0. The third-order valence-electron chi connectivity index (χ3n) is 8.99. The molecule has 2 bridgehead atoms. The molecule has 4 aliphatic rings. The zero-order valence-electron chi connectivity index (χ0n) is 21.1. The number of hydrogen-bond acceptors (Lipinski definition) is 4. The smallest absolute Gasteiger partial charge is 0.105 e. The zero-order valence-corrected chi connectivity index (χ0v) is 21.1. The van der Waals surface area contributed by atoms with Crippen LogP contribution in [0.4, 0.5) is 0 Å². The van der Waals surface area contributed by atoms with E-state index in [-0.39, 0.29) is 11.2 Å². The van der Waals surface area contributed by atoms with Crippen molar-refractivity contribution in [1.82, 2.24) is 9.99 Å². The first-order chi connectivity index (χ1) is 16.5. The highest BCUT2D eigenvalue weighted by Crippen LogP contribution is 2.58. The number of pyridine rings is 1. The summed E-state index contributed by atoms with van der Waals surface area (Å²) in [5.74, 6) is 7.43. The van der Waals surface area contributed by atoms with Gasteiger partial charge in [0.2, 0.25) is 0 Å². The highest BCUT2D eigenvalue weighted by atomic mass is 16.5. The Morgan fingerprint density at radius 3 is 3.12 bits per heavy atom. The fourth-order valence-electron chi connectivity index (χ4n) is 6.97.